The molecule has 2 rings (SSSR count). The Morgan fingerprint density at radius 3 is 2.69 bits per heavy atom. The Hall–Kier alpha value is -2.48. The van der Waals surface area contributed by atoms with Crippen molar-refractivity contribution in [3.05, 3.63) is 33.9 Å². The van der Waals surface area contributed by atoms with E-state index in [4.69, 9.17) is 4.74 Å². The van der Waals surface area contributed by atoms with Gasteiger partial charge in [0.1, 0.15) is 12.0 Å². The maximum absolute atomic E-state index is 12.6. The van der Waals surface area contributed by atoms with Gasteiger partial charge in [0.15, 0.2) is 6.29 Å². The lowest BCUT2D eigenvalue weighted by Gasteiger charge is -2.33. The fraction of sp³-hybridized carbons (Fsp3) is 0.619. The van der Waals surface area contributed by atoms with Crippen LogP contribution in [0.1, 0.15) is 75.1 Å². The molecule has 1 saturated carbocycles. The molecule has 8 heteroatoms. The number of aliphatic hydroxyl groups is 1. The number of carbonyl (C=O) groups excluding carboxylic acids is 2. The average Bonchev–Trinajstić information content (AvgIpc) is 3.24. The summed E-state index contributed by atoms with van der Waals surface area (Å²) in [5.74, 6) is 0.351. The first-order chi connectivity index (χ1) is 14.0. The van der Waals surface area contributed by atoms with E-state index < -0.39 is 11.2 Å². The summed E-state index contributed by atoms with van der Waals surface area (Å²) < 4.78 is 5.53. The number of benzene rings is 1. The predicted octanol–water partition coefficient (Wildman–Crippen LogP) is 3.85. The molecule has 160 valence electrons. The van der Waals surface area contributed by atoms with Gasteiger partial charge in [-0.1, -0.05) is 19.8 Å². The molecule has 0 radical (unpaired) electrons. The van der Waals surface area contributed by atoms with Crippen LogP contribution in [0.5, 0.6) is 5.75 Å². The largest absolute Gasteiger partial charge is 0.493 e. The molecule has 1 aromatic rings. The molecule has 1 aliphatic rings. The normalized spacial score (nSPS) is 15.1. The topological polar surface area (TPSA) is 110 Å². The van der Waals surface area contributed by atoms with E-state index in [2.05, 4.69) is 0 Å². The number of hydrogen-bond donors (Lipinski definition) is 1. The van der Waals surface area contributed by atoms with E-state index in [0.29, 0.717) is 44.3 Å². The van der Waals surface area contributed by atoms with Crippen molar-refractivity contribution < 1.29 is 24.4 Å². The van der Waals surface area contributed by atoms with E-state index in [0.717, 1.165) is 32.1 Å². The van der Waals surface area contributed by atoms with Crippen LogP contribution in [0.25, 0.3) is 0 Å². The van der Waals surface area contributed by atoms with Crippen molar-refractivity contribution in [2.45, 2.75) is 77.0 Å². The lowest BCUT2D eigenvalue weighted by Crippen LogP contribution is -2.45. The molecule has 0 heterocycles. The van der Waals surface area contributed by atoms with Gasteiger partial charge in [-0.25, -0.2) is 0 Å². The number of aldehydes is 1. The Morgan fingerprint density at radius 2 is 2.07 bits per heavy atom. The van der Waals surface area contributed by atoms with E-state index >= 15 is 0 Å². The summed E-state index contributed by atoms with van der Waals surface area (Å²) in [6.45, 7) is 2.25. The summed E-state index contributed by atoms with van der Waals surface area (Å²) in [6, 6.07) is 4.31. The van der Waals surface area contributed by atoms with Crippen molar-refractivity contribution in [1.82, 2.24) is 4.90 Å². The summed E-state index contributed by atoms with van der Waals surface area (Å²) in [5, 5.41) is 21.2. The number of nitrogens with zero attached hydrogens (tertiary/aromatic N) is 2. The van der Waals surface area contributed by atoms with Crippen molar-refractivity contribution in [3.63, 3.8) is 0 Å². The molecular formula is C21H30N2O6. The zero-order valence-electron chi connectivity index (χ0n) is 16.9. The number of nitro benzene ring substituents is 1. The quantitative estimate of drug-likeness (QED) is 0.186. The van der Waals surface area contributed by atoms with E-state index in [-0.39, 0.29) is 23.2 Å². The number of rotatable bonds is 12. The second-order valence-corrected chi connectivity index (χ2v) is 7.38. The Balaban J connectivity index is 1.73. The summed E-state index contributed by atoms with van der Waals surface area (Å²) in [5.41, 5.74) is -0.258. The molecule has 0 bridgehead atoms. The number of aliphatic hydroxyl groups excluding tert-OH is 1. The summed E-state index contributed by atoms with van der Waals surface area (Å²) >= 11 is 0. The molecule has 1 N–H and O–H groups in total. The monoisotopic (exact) mass is 406 g/mol. The third-order valence-corrected chi connectivity index (χ3v) is 5.32. The van der Waals surface area contributed by atoms with Crippen molar-refractivity contribution in [2.24, 2.45) is 0 Å². The van der Waals surface area contributed by atoms with E-state index in [1.807, 2.05) is 6.92 Å². The minimum atomic E-state index is -0.709. The highest BCUT2D eigenvalue weighted by atomic mass is 16.6. The van der Waals surface area contributed by atoms with Crippen molar-refractivity contribution in [2.75, 3.05) is 6.61 Å². The van der Waals surface area contributed by atoms with Crippen LogP contribution in [-0.2, 0) is 4.79 Å². The first-order valence-electron chi connectivity index (χ1n) is 10.3. The third kappa shape index (κ3) is 6.52. The minimum absolute atomic E-state index is 0.00671. The maximum Gasteiger partial charge on any atom is 0.283 e. The number of hydrogen-bond acceptors (Lipinski definition) is 6. The molecule has 1 aromatic carbocycles. The second-order valence-electron chi connectivity index (χ2n) is 7.38. The Labute approximate surface area is 171 Å². The summed E-state index contributed by atoms with van der Waals surface area (Å²) in [6.07, 6.45) is 6.99. The molecule has 1 fully saturated rings. The van der Waals surface area contributed by atoms with Crippen LogP contribution in [-0.4, -0.2) is 46.0 Å². The van der Waals surface area contributed by atoms with Crippen molar-refractivity contribution >= 4 is 17.9 Å². The smallest absolute Gasteiger partial charge is 0.283 e. The van der Waals surface area contributed by atoms with Gasteiger partial charge < -0.3 is 14.7 Å². The van der Waals surface area contributed by atoms with Crippen molar-refractivity contribution in [3.8, 4) is 5.75 Å². The zero-order chi connectivity index (χ0) is 21.2. The van der Waals surface area contributed by atoms with Crippen LogP contribution in [0.2, 0.25) is 0 Å². The fourth-order valence-corrected chi connectivity index (χ4v) is 3.74. The summed E-state index contributed by atoms with van der Waals surface area (Å²) in [4.78, 5) is 35.5. The highest BCUT2D eigenvalue weighted by Gasteiger charge is 2.30. The second kappa shape index (κ2) is 11.5. The highest BCUT2D eigenvalue weighted by molar-refractivity contribution is 5.81. The van der Waals surface area contributed by atoms with Gasteiger partial charge in [-0.15, -0.1) is 0 Å². The molecule has 8 nitrogen and oxygen atoms in total. The van der Waals surface area contributed by atoms with Gasteiger partial charge >= 0.3 is 0 Å². The van der Waals surface area contributed by atoms with Gasteiger partial charge in [0, 0.05) is 12.5 Å². The van der Waals surface area contributed by atoms with E-state index in [1.54, 1.807) is 4.90 Å². The van der Waals surface area contributed by atoms with Crippen LogP contribution in [0.3, 0.4) is 0 Å². The van der Waals surface area contributed by atoms with Gasteiger partial charge in [0.05, 0.1) is 23.2 Å². The highest BCUT2D eigenvalue weighted by Crippen LogP contribution is 2.27. The van der Waals surface area contributed by atoms with Crippen LogP contribution in [0, 0.1) is 10.1 Å². The number of ether oxygens (including phenoxy) is 1. The first-order valence-corrected chi connectivity index (χ1v) is 10.3. The van der Waals surface area contributed by atoms with Crippen LogP contribution >= 0.6 is 0 Å². The van der Waals surface area contributed by atoms with Gasteiger partial charge in [0.25, 0.3) is 5.69 Å². The molecular weight excluding hydrogens is 376 g/mol. The van der Waals surface area contributed by atoms with Crippen LogP contribution < -0.4 is 4.74 Å². The number of nitro groups is 1. The number of carbonyl (C=O) groups is 2. The predicted molar refractivity (Wildman–Crippen MR) is 108 cm³/mol. The average molecular weight is 406 g/mol. The Bertz CT molecular complexity index is 702. The molecule has 1 aliphatic carbocycles. The number of unbranched alkanes of at least 4 members (excludes halogenated alkanes) is 2. The molecule has 0 aromatic heterocycles. The molecule has 0 spiro atoms. The molecule has 1 unspecified atom stereocenters. The third-order valence-electron chi connectivity index (χ3n) is 5.32. The maximum atomic E-state index is 12.6. The molecule has 29 heavy (non-hydrogen) atoms. The number of amides is 1. The Kier molecular flexibility index (Phi) is 9.05. The Morgan fingerprint density at radius 1 is 1.34 bits per heavy atom. The SMILES string of the molecule is CCC(O)N(C(=O)CCCCCOc1ccc(C=O)c([N+](=O)[O-])c1)C1CCCC1. The zero-order valence-corrected chi connectivity index (χ0v) is 16.9. The first kappa shape index (κ1) is 22.8. The van der Waals surface area contributed by atoms with E-state index in [1.165, 1.54) is 18.2 Å². The van der Waals surface area contributed by atoms with Crippen LogP contribution in [0.15, 0.2) is 18.2 Å². The molecule has 0 saturated heterocycles. The van der Waals surface area contributed by atoms with E-state index in [9.17, 15) is 24.8 Å². The fourth-order valence-electron chi connectivity index (χ4n) is 3.74. The standard InChI is InChI=1S/C21H30N2O6/c1-2-20(25)22(17-8-5-6-9-17)21(26)10-4-3-7-13-29-18-12-11-16(15-24)19(14-18)23(27)28/h11-12,14-15,17,20,25H,2-10,13H2,1H3. The lowest BCUT2D eigenvalue weighted by molar-refractivity contribution is -0.385. The van der Waals surface area contributed by atoms with Gasteiger partial charge in [0.2, 0.25) is 5.91 Å². The minimum Gasteiger partial charge on any atom is -0.493 e. The molecule has 1 atom stereocenters. The van der Waals surface area contributed by atoms with Crippen LogP contribution in [0.4, 0.5) is 5.69 Å². The molecule has 1 amide bonds. The van der Waals surface area contributed by atoms with Gasteiger partial charge in [-0.05, 0) is 50.7 Å². The molecule has 0 aliphatic heterocycles. The lowest BCUT2D eigenvalue weighted by atomic mass is 10.1. The van der Waals surface area contributed by atoms with Crippen molar-refractivity contribution in [1.29, 1.82) is 0 Å². The van der Waals surface area contributed by atoms with Gasteiger partial charge in [-0.3, -0.25) is 19.7 Å². The summed E-state index contributed by atoms with van der Waals surface area (Å²) in [7, 11) is 0. The van der Waals surface area contributed by atoms with Gasteiger partial charge in [-0.2, -0.15) is 0 Å².